The highest BCUT2D eigenvalue weighted by molar-refractivity contribution is 7.00. The average Bonchev–Trinajstić information content (AvgIpc) is 1.50. The molecule has 2 aromatic heterocycles. The summed E-state index contributed by atoms with van der Waals surface area (Å²) >= 11 is 2.45. The molecule has 96 heavy (non-hydrogen) atoms. The molecule has 0 aliphatic heterocycles. The Hall–Kier alpha value is -2.84. The minimum absolute atomic E-state index is 0.174. The van der Waals surface area contributed by atoms with Gasteiger partial charge in [0.05, 0.1) is 23.5 Å². The summed E-state index contributed by atoms with van der Waals surface area (Å²) in [6.45, 7) is 9.22. The zero-order valence-corrected chi connectivity index (χ0v) is 64.6. The van der Waals surface area contributed by atoms with Crippen LogP contribution in [-0.2, 0) is 10.8 Å². The Morgan fingerprint density at radius 3 is 0.625 bits per heavy atom. The minimum atomic E-state index is -0.669. The van der Waals surface area contributed by atoms with Gasteiger partial charge in [0.15, 0.2) is 0 Å². The van der Waals surface area contributed by atoms with E-state index < -0.39 is 10.8 Å². The van der Waals surface area contributed by atoms with Crippen LogP contribution >= 0.6 is 23.5 Å². The highest BCUT2D eigenvalue weighted by Gasteiger charge is 2.54. The molecule has 0 atom stereocenters. The lowest BCUT2D eigenvalue weighted by atomic mass is 9.68. The van der Waals surface area contributed by atoms with Crippen molar-refractivity contribution in [2.24, 2.45) is 0 Å². The SMILES string of the molecule is CCCCCCCCCCCCCCCCCC1(CCCCCCCCCCCCCCCCC)c2ccc3nsnc3c2-c2c(F)c3c(c(F)c21)-c1c(ccc2nsnc12)C3(CCCCCCCCCCCCCCCCC)CCCCCCCCCCCCCCCCC. The van der Waals surface area contributed by atoms with Gasteiger partial charge in [-0.3, -0.25) is 0 Å². The first-order chi connectivity index (χ1) is 47.5. The first-order valence-corrected chi connectivity index (χ1v) is 44.0. The van der Waals surface area contributed by atoms with Crippen LogP contribution in [0.1, 0.15) is 461 Å². The maximum absolute atomic E-state index is 19.9. The van der Waals surface area contributed by atoms with Crippen molar-refractivity contribution in [2.45, 2.75) is 449 Å². The molecule has 0 saturated carbocycles. The summed E-state index contributed by atoms with van der Waals surface area (Å²) in [5.41, 5.74) is 8.04. The Bertz CT molecular complexity index is 2540. The molecular weight excluding hydrogens is 1220 g/mol. The third kappa shape index (κ3) is 25.3. The van der Waals surface area contributed by atoms with E-state index in [9.17, 15) is 0 Å². The fraction of sp³-hybridized carbons (Fsp3) is 0.795. The summed E-state index contributed by atoms with van der Waals surface area (Å²) in [5, 5.41) is 0. The van der Waals surface area contributed by atoms with Crippen LogP contribution in [0.5, 0.6) is 0 Å². The second-order valence-electron chi connectivity index (χ2n) is 31.3. The van der Waals surface area contributed by atoms with Crippen molar-refractivity contribution >= 4 is 45.5 Å². The molecular formula is C88H144F2N4S2. The Balaban J connectivity index is 1.13. The zero-order chi connectivity index (χ0) is 67.4. The molecule has 0 unspecified atom stereocenters. The van der Waals surface area contributed by atoms with Gasteiger partial charge in [0.1, 0.15) is 33.7 Å². The molecule has 7 rings (SSSR count). The molecule has 5 aromatic rings. The van der Waals surface area contributed by atoms with Gasteiger partial charge in [-0.05, 0) is 48.9 Å². The number of rotatable bonds is 64. The summed E-state index contributed by atoms with van der Waals surface area (Å²) in [4.78, 5) is 0. The van der Waals surface area contributed by atoms with Gasteiger partial charge in [-0.25, -0.2) is 8.78 Å². The number of unbranched alkanes of at least 4 members (excludes halogenated alkanes) is 56. The van der Waals surface area contributed by atoms with Gasteiger partial charge in [0.2, 0.25) is 0 Å². The lowest BCUT2D eigenvalue weighted by molar-refractivity contribution is 0.374. The molecule has 0 bridgehead atoms. The van der Waals surface area contributed by atoms with Crippen LogP contribution < -0.4 is 0 Å². The molecule has 0 amide bonds. The number of fused-ring (bicyclic) bond motifs is 10. The number of nitrogens with zero attached hydrogens (tertiary/aromatic N) is 4. The van der Waals surface area contributed by atoms with E-state index in [2.05, 4.69) is 52.0 Å². The van der Waals surface area contributed by atoms with Crippen LogP contribution in [0.3, 0.4) is 0 Å². The van der Waals surface area contributed by atoms with E-state index >= 15 is 8.78 Å². The fourth-order valence-electron chi connectivity index (χ4n) is 17.8. The van der Waals surface area contributed by atoms with E-state index in [0.29, 0.717) is 22.3 Å². The average molecular weight is 1360 g/mol. The monoisotopic (exact) mass is 1360 g/mol. The van der Waals surface area contributed by atoms with Gasteiger partial charge in [-0.2, -0.15) is 17.5 Å². The number of benzene rings is 3. The van der Waals surface area contributed by atoms with Crippen molar-refractivity contribution in [3.8, 4) is 22.3 Å². The zero-order valence-electron chi connectivity index (χ0n) is 62.9. The largest absolute Gasteiger partial charge is 0.206 e. The molecule has 2 aliphatic carbocycles. The van der Waals surface area contributed by atoms with Crippen LogP contribution in [0.15, 0.2) is 24.3 Å². The van der Waals surface area contributed by atoms with E-state index in [1.807, 2.05) is 0 Å². The van der Waals surface area contributed by atoms with Gasteiger partial charge < -0.3 is 0 Å². The van der Waals surface area contributed by atoms with Crippen LogP contribution in [-0.4, -0.2) is 17.5 Å². The van der Waals surface area contributed by atoms with Crippen molar-refractivity contribution in [2.75, 3.05) is 0 Å². The first kappa shape index (κ1) is 80.5. The lowest BCUT2D eigenvalue weighted by Crippen LogP contribution is -2.29. The molecule has 0 saturated heterocycles. The normalized spacial score (nSPS) is 13.6. The maximum atomic E-state index is 19.9. The molecule has 3 aromatic carbocycles. The lowest BCUT2D eigenvalue weighted by Gasteiger charge is -2.35. The molecule has 8 heteroatoms. The van der Waals surface area contributed by atoms with Crippen LogP contribution in [0.4, 0.5) is 8.78 Å². The highest BCUT2D eigenvalue weighted by atomic mass is 32.1. The second kappa shape index (κ2) is 48.9. The van der Waals surface area contributed by atoms with Gasteiger partial charge in [-0.15, -0.1) is 0 Å². The standard InChI is InChI=1S/C88H144F2N4S2/c1-5-9-13-17-21-25-29-33-37-41-45-49-53-57-61-69-87(70-62-58-54-50-46-42-38-34-30-26-22-18-14-10-6-2)73-65-67-75-85(93-95-91-75)77(73)79-81(87)83(89)80-78-74(66-68-76-86(78)94-96-92-76)88(82(80)84(79)90,71-63-59-55-51-47-43-39-35-31-27-23-19-15-11-7-3)72-64-60-56-52-48-44-40-36-32-28-24-20-16-12-8-4/h65-68H,5-64,69-72H2,1-4H3. The summed E-state index contributed by atoms with van der Waals surface area (Å²) in [6, 6.07) is 8.79. The number of halogens is 2. The van der Waals surface area contributed by atoms with Crippen molar-refractivity contribution in [1.82, 2.24) is 17.5 Å². The maximum Gasteiger partial charge on any atom is 0.136 e. The third-order valence-electron chi connectivity index (χ3n) is 23.6. The molecule has 4 nitrogen and oxygen atoms in total. The van der Waals surface area contributed by atoms with Crippen LogP contribution in [0.2, 0.25) is 0 Å². The third-order valence-corrected chi connectivity index (χ3v) is 24.6. The predicted octanol–water partition coefficient (Wildman–Crippen LogP) is 31.6. The smallest absolute Gasteiger partial charge is 0.136 e. The van der Waals surface area contributed by atoms with Crippen LogP contribution in [0, 0.1) is 11.6 Å². The quantitative estimate of drug-likeness (QED) is 0.0364. The minimum Gasteiger partial charge on any atom is -0.206 e. The predicted molar refractivity (Wildman–Crippen MR) is 419 cm³/mol. The first-order valence-electron chi connectivity index (χ1n) is 42.6. The summed E-state index contributed by atoms with van der Waals surface area (Å²) in [7, 11) is 0. The summed E-state index contributed by atoms with van der Waals surface area (Å²) in [5.74, 6) is -0.347. The molecule has 0 fully saturated rings. The van der Waals surface area contributed by atoms with E-state index in [1.165, 1.54) is 357 Å². The van der Waals surface area contributed by atoms with Crippen molar-refractivity contribution < 1.29 is 8.78 Å². The topological polar surface area (TPSA) is 51.6 Å². The van der Waals surface area contributed by atoms with Crippen molar-refractivity contribution in [3.05, 3.63) is 58.2 Å². The van der Waals surface area contributed by atoms with Crippen molar-refractivity contribution in [3.63, 3.8) is 0 Å². The fourth-order valence-corrected chi connectivity index (χ4v) is 18.9. The number of hydrogen-bond acceptors (Lipinski definition) is 6. The summed E-state index contributed by atoms with van der Waals surface area (Å²) in [6.07, 6.45) is 81.8. The Labute approximate surface area is 597 Å². The number of aromatic nitrogens is 4. The molecule has 0 N–H and O–H groups in total. The van der Waals surface area contributed by atoms with E-state index in [1.54, 1.807) is 0 Å². The Morgan fingerprint density at radius 2 is 0.427 bits per heavy atom. The second-order valence-corrected chi connectivity index (χ2v) is 32.4. The van der Waals surface area contributed by atoms with Gasteiger partial charge >= 0.3 is 0 Å². The van der Waals surface area contributed by atoms with Crippen LogP contribution in [0.25, 0.3) is 44.3 Å². The number of hydrogen-bond donors (Lipinski definition) is 0. The Morgan fingerprint density at radius 1 is 0.240 bits per heavy atom. The van der Waals surface area contributed by atoms with Crippen molar-refractivity contribution in [1.29, 1.82) is 0 Å². The highest BCUT2D eigenvalue weighted by Crippen LogP contribution is 2.65. The van der Waals surface area contributed by atoms with E-state index in [-0.39, 0.29) is 11.6 Å². The molecule has 0 radical (unpaired) electrons. The Kier molecular flexibility index (Phi) is 41.0. The molecule has 542 valence electrons. The summed E-state index contributed by atoms with van der Waals surface area (Å²) < 4.78 is 59.5. The van der Waals surface area contributed by atoms with Gasteiger partial charge in [0, 0.05) is 44.2 Å². The van der Waals surface area contributed by atoms with E-state index in [0.717, 1.165) is 121 Å². The van der Waals surface area contributed by atoms with Gasteiger partial charge in [-0.1, -0.05) is 425 Å². The molecule has 2 aliphatic rings. The van der Waals surface area contributed by atoms with Gasteiger partial charge in [0.25, 0.3) is 0 Å². The molecule has 0 spiro atoms. The van der Waals surface area contributed by atoms with E-state index in [4.69, 9.17) is 17.5 Å². The molecule has 2 heterocycles.